The minimum absolute atomic E-state index is 0.188. The maximum atomic E-state index is 12.3. The summed E-state index contributed by atoms with van der Waals surface area (Å²) >= 11 is 0. The topological polar surface area (TPSA) is 75.1 Å². The molecule has 0 saturated carbocycles. The fourth-order valence-corrected chi connectivity index (χ4v) is 1.80. The summed E-state index contributed by atoms with van der Waals surface area (Å²) in [7, 11) is 0. The van der Waals surface area contributed by atoms with Gasteiger partial charge in [0.05, 0.1) is 11.6 Å². The van der Waals surface area contributed by atoms with Gasteiger partial charge in [0, 0.05) is 18.6 Å². The van der Waals surface area contributed by atoms with Gasteiger partial charge in [-0.05, 0) is 30.7 Å². The zero-order valence-electron chi connectivity index (χ0n) is 11.6. The largest absolute Gasteiger partial charge is 0.384 e. The molecule has 1 unspecified atom stereocenters. The summed E-state index contributed by atoms with van der Waals surface area (Å²) in [4.78, 5) is 20.4. The van der Waals surface area contributed by atoms with Crippen LogP contribution in [0.4, 0.5) is 0 Å². The summed E-state index contributed by atoms with van der Waals surface area (Å²) in [5.74, 6) is 4.93. The maximum absolute atomic E-state index is 12.3. The minimum Gasteiger partial charge on any atom is -0.384 e. The van der Waals surface area contributed by atoms with E-state index >= 15 is 0 Å². The van der Waals surface area contributed by atoms with Gasteiger partial charge in [0.25, 0.3) is 5.91 Å². The summed E-state index contributed by atoms with van der Waals surface area (Å²) < 4.78 is 0. The second-order valence-electron chi connectivity index (χ2n) is 4.34. The highest BCUT2D eigenvalue weighted by Crippen LogP contribution is 2.12. The number of nitrogens with zero attached hydrogens (tertiary/aromatic N) is 2. The van der Waals surface area contributed by atoms with Crippen LogP contribution in [0.3, 0.4) is 0 Å². The first-order chi connectivity index (χ1) is 10.2. The van der Waals surface area contributed by atoms with Crippen LogP contribution in [0.1, 0.15) is 34.6 Å². The Morgan fingerprint density at radius 3 is 2.90 bits per heavy atom. The highest BCUT2D eigenvalue weighted by atomic mass is 16.2. The molecule has 2 aromatic rings. The van der Waals surface area contributed by atoms with Crippen molar-refractivity contribution < 1.29 is 9.90 Å². The van der Waals surface area contributed by atoms with Gasteiger partial charge < -0.3 is 10.4 Å². The highest BCUT2D eigenvalue weighted by Gasteiger charge is 2.15. The molecule has 2 heterocycles. The summed E-state index contributed by atoms with van der Waals surface area (Å²) in [6.45, 7) is 1.61. The van der Waals surface area contributed by atoms with E-state index in [9.17, 15) is 4.79 Å². The van der Waals surface area contributed by atoms with E-state index in [4.69, 9.17) is 5.11 Å². The summed E-state index contributed by atoms with van der Waals surface area (Å²) in [5.41, 5.74) is 1.64. The van der Waals surface area contributed by atoms with Crippen molar-refractivity contribution in [3.05, 3.63) is 59.7 Å². The molecule has 0 fully saturated rings. The van der Waals surface area contributed by atoms with E-state index in [1.165, 1.54) is 6.20 Å². The number of carbonyl (C=O) groups is 1. The van der Waals surface area contributed by atoms with Gasteiger partial charge in [-0.15, -0.1) is 0 Å². The molecule has 0 bridgehead atoms. The van der Waals surface area contributed by atoms with Gasteiger partial charge in [-0.2, -0.15) is 0 Å². The van der Waals surface area contributed by atoms with Crippen LogP contribution in [0.15, 0.2) is 42.9 Å². The Kier molecular flexibility index (Phi) is 5.02. The van der Waals surface area contributed by atoms with Crippen LogP contribution in [0, 0.1) is 11.8 Å². The number of hydrogen-bond donors (Lipinski definition) is 2. The molecule has 0 aliphatic rings. The normalized spacial score (nSPS) is 11.1. The predicted octanol–water partition coefficient (Wildman–Crippen LogP) is 1.31. The lowest BCUT2D eigenvalue weighted by atomic mass is 10.1. The lowest BCUT2D eigenvalue weighted by Crippen LogP contribution is -2.28. The molecule has 1 atom stereocenters. The van der Waals surface area contributed by atoms with Crippen molar-refractivity contribution in [2.75, 3.05) is 6.61 Å². The Labute approximate surface area is 123 Å². The van der Waals surface area contributed by atoms with Crippen LogP contribution >= 0.6 is 0 Å². The number of nitrogens with one attached hydrogen (secondary N) is 1. The van der Waals surface area contributed by atoms with Gasteiger partial charge in [-0.1, -0.05) is 17.9 Å². The second kappa shape index (κ2) is 7.17. The van der Waals surface area contributed by atoms with Gasteiger partial charge >= 0.3 is 0 Å². The fraction of sp³-hybridized carbons (Fsp3) is 0.188. The van der Waals surface area contributed by atoms with Crippen LogP contribution in [-0.2, 0) is 0 Å². The molecular formula is C16H15N3O2. The van der Waals surface area contributed by atoms with Crippen molar-refractivity contribution in [1.82, 2.24) is 15.3 Å². The van der Waals surface area contributed by atoms with Crippen molar-refractivity contribution in [1.29, 1.82) is 0 Å². The quantitative estimate of drug-likeness (QED) is 0.832. The van der Waals surface area contributed by atoms with Crippen LogP contribution in [-0.4, -0.2) is 27.6 Å². The molecule has 21 heavy (non-hydrogen) atoms. The molecule has 2 N–H and O–H groups in total. The molecule has 106 valence electrons. The van der Waals surface area contributed by atoms with Crippen molar-refractivity contribution in [3.8, 4) is 11.8 Å². The Morgan fingerprint density at radius 2 is 2.19 bits per heavy atom. The van der Waals surface area contributed by atoms with E-state index in [0.717, 1.165) is 5.56 Å². The van der Waals surface area contributed by atoms with E-state index in [2.05, 4.69) is 27.1 Å². The van der Waals surface area contributed by atoms with Crippen LogP contribution in [0.2, 0.25) is 0 Å². The molecule has 0 radical (unpaired) electrons. The Balaban J connectivity index is 2.17. The zero-order valence-corrected chi connectivity index (χ0v) is 11.6. The highest BCUT2D eigenvalue weighted by molar-refractivity contribution is 5.94. The first-order valence-electron chi connectivity index (χ1n) is 6.48. The van der Waals surface area contributed by atoms with Gasteiger partial charge in [-0.25, -0.2) is 4.98 Å². The van der Waals surface area contributed by atoms with E-state index in [-0.39, 0.29) is 24.2 Å². The second-order valence-corrected chi connectivity index (χ2v) is 4.34. The number of aliphatic hydroxyl groups is 1. The summed E-state index contributed by atoms with van der Waals surface area (Å²) in [6.07, 6.45) is 4.92. The van der Waals surface area contributed by atoms with Crippen LogP contribution in [0.5, 0.6) is 0 Å². The van der Waals surface area contributed by atoms with Crippen molar-refractivity contribution in [2.24, 2.45) is 0 Å². The fourth-order valence-electron chi connectivity index (χ4n) is 1.80. The molecule has 0 aliphatic heterocycles. The van der Waals surface area contributed by atoms with E-state index in [1.807, 2.05) is 19.1 Å². The molecule has 0 spiro atoms. The van der Waals surface area contributed by atoms with E-state index in [0.29, 0.717) is 5.56 Å². The number of hydrogen-bond acceptors (Lipinski definition) is 4. The number of pyridine rings is 2. The number of amides is 1. The smallest absolute Gasteiger partial charge is 0.271 e. The van der Waals surface area contributed by atoms with Gasteiger partial charge in [-0.3, -0.25) is 9.78 Å². The number of rotatable bonds is 3. The van der Waals surface area contributed by atoms with Crippen molar-refractivity contribution in [3.63, 3.8) is 0 Å². The van der Waals surface area contributed by atoms with Crippen LogP contribution < -0.4 is 5.32 Å². The molecule has 5 nitrogen and oxygen atoms in total. The third-order valence-electron chi connectivity index (χ3n) is 2.86. The Morgan fingerprint density at radius 1 is 1.38 bits per heavy atom. The molecular weight excluding hydrogens is 266 g/mol. The average Bonchev–Trinajstić information content (AvgIpc) is 2.54. The first-order valence-corrected chi connectivity index (χ1v) is 6.48. The number of aliphatic hydroxyl groups excluding tert-OH is 1. The third kappa shape index (κ3) is 3.88. The molecule has 2 rings (SSSR count). The molecule has 0 aromatic carbocycles. The third-order valence-corrected chi connectivity index (χ3v) is 2.86. The summed E-state index contributed by atoms with van der Waals surface area (Å²) in [5, 5.41) is 11.6. The van der Waals surface area contributed by atoms with Gasteiger partial charge in [0.1, 0.15) is 12.3 Å². The lowest BCUT2D eigenvalue weighted by Gasteiger charge is -2.14. The lowest BCUT2D eigenvalue weighted by molar-refractivity contribution is 0.0934. The molecule has 1 amide bonds. The monoisotopic (exact) mass is 281 g/mol. The van der Waals surface area contributed by atoms with Gasteiger partial charge in [0.15, 0.2) is 0 Å². The van der Waals surface area contributed by atoms with E-state index in [1.54, 1.807) is 24.5 Å². The zero-order chi connectivity index (χ0) is 15.1. The predicted molar refractivity (Wildman–Crippen MR) is 78.3 cm³/mol. The Bertz CT molecular complexity index is 675. The Hall–Kier alpha value is -2.71. The van der Waals surface area contributed by atoms with Gasteiger partial charge in [0.2, 0.25) is 0 Å². The minimum atomic E-state index is -0.311. The molecule has 0 saturated heterocycles. The van der Waals surface area contributed by atoms with Crippen molar-refractivity contribution in [2.45, 2.75) is 13.0 Å². The van der Waals surface area contributed by atoms with Crippen LogP contribution in [0.25, 0.3) is 0 Å². The first kappa shape index (κ1) is 14.7. The van der Waals surface area contributed by atoms with E-state index < -0.39 is 0 Å². The molecule has 0 aliphatic carbocycles. The van der Waals surface area contributed by atoms with Crippen molar-refractivity contribution >= 4 is 5.91 Å². The molecule has 5 heteroatoms. The maximum Gasteiger partial charge on any atom is 0.271 e. The summed E-state index contributed by atoms with van der Waals surface area (Å²) in [6, 6.07) is 6.91. The standard InChI is InChI=1S/C16H15N3O2/c1-12(14-6-2-8-17-11-14)19-16(21)15-13(7-4-10-20)5-3-9-18-15/h2-3,5-6,8-9,11-12,20H,10H2,1H3,(H,19,21). The number of aromatic nitrogens is 2. The average molecular weight is 281 g/mol. The number of carbonyl (C=O) groups excluding carboxylic acids is 1. The molecule has 2 aromatic heterocycles. The SMILES string of the molecule is CC(NC(=O)c1ncccc1C#CCO)c1cccnc1.